The second-order valence-corrected chi connectivity index (χ2v) is 3.86. The smallest absolute Gasteiger partial charge is 0.389 e. The minimum atomic E-state index is -4.44. The van der Waals surface area contributed by atoms with Gasteiger partial charge in [-0.15, -0.1) is 0 Å². The van der Waals surface area contributed by atoms with Crippen molar-refractivity contribution in [2.24, 2.45) is 0 Å². The van der Waals surface area contributed by atoms with Crippen LogP contribution in [0.2, 0.25) is 0 Å². The molecule has 7 heteroatoms. The van der Waals surface area contributed by atoms with Crippen LogP contribution in [0.3, 0.4) is 0 Å². The lowest BCUT2D eigenvalue weighted by atomic mass is 10.1. The normalized spacial score (nSPS) is 12.8. The first-order valence-corrected chi connectivity index (χ1v) is 5.43. The molecule has 4 nitrogen and oxygen atoms in total. The Kier molecular flexibility index (Phi) is 4.91. The third-order valence-electron chi connectivity index (χ3n) is 2.32. The van der Waals surface area contributed by atoms with Crippen LogP contribution in [0.4, 0.5) is 13.2 Å². The van der Waals surface area contributed by atoms with Gasteiger partial charge in [-0.2, -0.15) is 13.2 Å². The Balaban J connectivity index is 2.65. The maximum absolute atomic E-state index is 11.9. The predicted octanol–water partition coefficient (Wildman–Crippen LogP) is 2.27. The van der Waals surface area contributed by atoms with E-state index in [-0.39, 0.29) is 0 Å². The van der Waals surface area contributed by atoms with Gasteiger partial charge in [0.2, 0.25) is 5.91 Å². The third-order valence-corrected chi connectivity index (χ3v) is 2.32. The third kappa shape index (κ3) is 5.41. The number of carboxylic acids is 1. The second-order valence-electron chi connectivity index (χ2n) is 3.86. The second kappa shape index (κ2) is 6.21. The number of nitrogens with one attached hydrogen (secondary N) is 1. The molecule has 2 N–H and O–H groups in total. The van der Waals surface area contributed by atoms with Gasteiger partial charge in [-0.25, -0.2) is 4.79 Å². The lowest BCUT2D eigenvalue weighted by molar-refractivity contribution is -0.147. The summed E-state index contributed by atoms with van der Waals surface area (Å²) in [6, 6.07) is 6.42. The highest BCUT2D eigenvalue weighted by atomic mass is 19.4. The van der Waals surface area contributed by atoms with Crippen molar-refractivity contribution in [1.82, 2.24) is 5.32 Å². The Hall–Kier alpha value is -2.05. The molecule has 0 unspecified atom stereocenters. The summed E-state index contributed by atoms with van der Waals surface area (Å²) < 4.78 is 35.8. The van der Waals surface area contributed by atoms with Crippen LogP contribution < -0.4 is 5.32 Å². The van der Waals surface area contributed by atoms with Gasteiger partial charge in [-0.3, -0.25) is 4.79 Å². The monoisotopic (exact) mass is 275 g/mol. The number of carbonyl (C=O) groups excluding carboxylic acids is 1. The van der Waals surface area contributed by atoms with Crippen molar-refractivity contribution in [1.29, 1.82) is 0 Å². The molecule has 0 bridgehead atoms. The molecule has 0 fully saturated rings. The van der Waals surface area contributed by atoms with E-state index in [0.717, 1.165) is 0 Å². The Labute approximate surface area is 107 Å². The Morgan fingerprint density at radius 2 is 1.79 bits per heavy atom. The molecule has 0 aliphatic rings. The summed E-state index contributed by atoms with van der Waals surface area (Å²) in [5, 5.41) is 11.0. The molecule has 104 valence electrons. The fourth-order valence-corrected chi connectivity index (χ4v) is 1.42. The molecule has 1 amide bonds. The fourth-order valence-electron chi connectivity index (χ4n) is 1.42. The maximum Gasteiger partial charge on any atom is 0.389 e. The van der Waals surface area contributed by atoms with Gasteiger partial charge in [0.15, 0.2) is 6.04 Å². The fraction of sp³-hybridized carbons (Fsp3) is 0.333. The average Bonchev–Trinajstić information content (AvgIpc) is 2.33. The Morgan fingerprint density at radius 1 is 1.21 bits per heavy atom. The molecule has 1 aromatic carbocycles. The first kappa shape index (κ1) is 15.0. The number of alkyl halides is 3. The van der Waals surface area contributed by atoms with E-state index in [1.165, 1.54) is 12.1 Å². The molecular weight excluding hydrogens is 263 g/mol. The van der Waals surface area contributed by atoms with Crippen LogP contribution in [0.5, 0.6) is 0 Å². The van der Waals surface area contributed by atoms with E-state index < -0.39 is 36.9 Å². The van der Waals surface area contributed by atoms with Gasteiger partial charge in [0.25, 0.3) is 0 Å². The molecule has 0 aliphatic carbocycles. The van der Waals surface area contributed by atoms with E-state index in [2.05, 4.69) is 5.32 Å². The predicted molar refractivity (Wildman–Crippen MR) is 60.3 cm³/mol. The van der Waals surface area contributed by atoms with E-state index >= 15 is 0 Å². The van der Waals surface area contributed by atoms with Gasteiger partial charge < -0.3 is 10.4 Å². The molecule has 0 saturated carbocycles. The highest BCUT2D eigenvalue weighted by Gasteiger charge is 2.29. The number of aliphatic carboxylic acids is 1. The van der Waals surface area contributed by atoms with Gasteiger partial charge >= 0.3 is 12.1 Å². The summed E-state index contributed by atoms with van der Waals surface area (Å²) in [4.78, 5) is 22.3. The van der Waals surface area contributed by atoms with E-state index in [1.807, 2.05) is 0 Å². The zero-order valence-electron chi connectivity index (χ0n) is 9.78. The summed E-state index contributed by atoms with van der Waals surface area (Å²) in [6.07, 6.45) is -6.51. The number of amides is 1. The summed E-state index contributed by atoms with van der Waals surface area (Å²) in [6.45, 7) is 0. The van der Waals surface area contributed by atoms with Crippen molar-refractivity contribution >= 4 is 11.9 Å². The van der Waals surface area contributed by atoms with Crippen molar-refractivity contribution in [2.75, 3.05) is 0 Å². The molecule has 1 atom stereocenters. The molecule has 1 aromatic rings. The van der Waals surface area contributed by atoms with E-state index in [1.54, 1.807) is 18.2 Å². The molecule has 1 rings (SSSR count). The topological polar surface area (TPSA) is 66.4 Å². The number of rotatable bonds is 5. The highest BCUT2D eigenvalue weighted by Crippen LogP contribution is 2.21. The van der Waals surface area contributed by atoms with Crippen molar-refractivity contribution in [3.63, 3.8) is 0 Å². The van der Waals surface area contributed by atoms with Crippen LogP contribution in [-0.4, -0.2) is 23.2 Å². The van der Waals surface area contributed by atoms with E-state index in [9.17, 15) is 22.8 Å². The summed E-state index contributed by atoms with van der Waals surface area (Å²) in [5.74, 6) is -2.28. The minimum Gasteiger partial charge on any atom is -0.479 e. The quantitative estimate of drug-likeness (QED) is 0.866. The van der Waals surface area contributed by atoms with Gasteiger partial charge in [0.1, 0.15) is 0 Å². The minimum absolute atomic E-state index is 0.301. The van der Waals surface area contributed by atoms with Crippen LogP contribution in [0, 0.1) is 0 Å². The van der Waals surface area contributed by atoms with Crippen LogP contribution >= 0.6 is 0 Å². The summed E-state index contributed by atoms with van der Waals surface area (Å²) in [7, 11) is 0. The highest BCUT2D eigenvalue weighted by molar-refractivity contribution is 5.84. The van der Waals surface area contributed by atoms with Gasteiger partial charge in [0.05, 0.1) is 6.42 Å². The van der Waals surface area contributed by atoms with Crippen LogP contribution in [0.25, 0.3) is 0 Å². The lowest BCUT2D eigenvalue weighted by Gasteiger charge is -2.15. The number of benzene rings is 1. The van der Waals surface area contributed by atoms with Crippen molar-refractivity contribution in [2.45, 2.75) is 25.1 Å². The number of carboxylic acid groups (broad SMARTS) is 1. The molecule has 0 spiro atoms. The molecule has 0 heterocycles. The average molecular weight is 275 g/mol. The first-order valence-electron chi connectivity index (χ1n) is 5.43. The Morgan fingerprint density at radius 3 is 2.26 bits per heavy atom. The largest absolute Gasteiger partial charge is 0.479 e. The van der Waals surface area contributed by atoms with Gasteiger partial charge in [-0.1, -0.05) is 30.3 Å². The number of carbonyl (C=O) groups is 2. The zero-order chi connectivity index (χ0) is 14.5. The van der Waals surface area contributed by atoms with Crippen molar-refractivity contribution in [3.8, 4) is 0 Å². The first-order chi connectivity index (χ1) is 8.79. The Bertz CT molecular complexity index is 445. The SMILES string of the molecule is O=C(CCC(F)(F)F)N[C@@H](C(=O)O)c1ccccc1. The summed E-state index contributed by atoms with van der Waals surface area (Å²) >= 11 is 0. The number of hydrogen-bond donors (Lipinski definition) is 2. The number of hydrogen-bond acceptors (Lipinski definition) is 2. The molecule has 0 aromatic heterocycles. The van der Waals surface area contributed by atoms with Crippen LogP contribution in [-0.2, 0) is 9.59 Å². The van der Waals surface area contributed by atoms with E-state index in [4.69, 9.17) is 5.11 Å². The summed E-state index contributed by atoms with van der Waals surface area (Å²) in [5.41, 5.74) is 0.301. The van der Waals surface area contributed by atoms with Crippen molar-refractivity contribution in [3.05, 3.63) is 35.9 Å². The molecule has 0 radical (unpaired) electrons. The number of halogens is 3. The van der Waals surface area contributed by atoms with Gasteiger partial charge in [-0.05, 0) is 5.56 Å². The van der Waals surface area contributed by atoms with E-state index in [0.29, 0.717) is 5.56 Å². The lowest BCUT2D eigenvalue weighted by Crippen LogP contribution is -2.34. The zero-order valence-corrected chi connectivity index (χ0v) is 9.78. The molecule has 0 saturated heterocycles. The maximum atomic E-state index is 11.9. The van der Waals surface area contributed by atoms with Crippen LogP contribution in [0.1, 0.15) is 24.4 Å². The van der Waals surface area contributed by atoms with Crippen molar-refractivity contribution < 1.29 is 27.9 Å². The molecule has 0 aliphatic heterocycles. The standard InChI is InChI=1S/C12H12F3NO3/c13-12(14,15)7-6-9(17)16-10(11(18)19)8-4-2-1-3-5-8/h1-5,10H,6-7H2,(H,16,17)(H,18,19)/t10-/m1/s1. The van der Waals surface area contributed by atoms with Gasteiger partial charge in [0, 0.05) is 6.42 Å². The molecule has 19 heavy (non-hydrogen) atoms. The molecular formula is C12H12F3NO3. The van der Waals surface area contributed by atoms with Crippen LogP contribution in [0.15, 0.2) is 30.3 Å².